The van der Waals surface area contributed by atoms with Crippen molar-refractivity contribution in [2.45, 2.75) is 0 Å². The molecule has 0 saturated carbocycles. The van der Waals surface area contributed by atoms with Crippen LogP contribution in [0.25, 0.3) is 0 Å². The number of fused-ring (bicyclic) bond motifs is 3. The minimum Gasteiger partial charge on any atom is -0.320 e. The molecule has 0 N–H and O–H groups in total. The highest BCUT2D eigenvalue weighted by atomic mass is 35.5. The largest absolute Gasteiger partial charge is 0.434 e. The maximum Gasteiger partial charge on any atom is 0.434 e. The second-order valence-corrected chi connectivity index (χ2v) is 5.17. The Morgan fingerprint density at radius 3 is 2.90 bits per heavy atom. The number of allylic oxidation sites excluding steroid dienone is 1. The van der Waals surface area contributed by atoms with E-state index in [1.165, 1.54) is 26.3 Å². The van der Waals surface area contributed by atoms with E-state index in [0.29, 0.717) is 12.4 Å². The summed E-state index contributed by atoms with van der Waals surface area (Å²) in [7, 11) is 3.12. The van der Waals surface area contributed by atoms with E-state index in [0.717, 1.165) is 5.70 Å². The maximum absolute atomic E-state index is 12.2. The predicted molar refractivity (Wildman–Crippen MR) is 79.2 cm³/mol. The molecule has 0 saturated heterocycles. The van der Waals surface area contributed by atoms with Crippen LogP contribution in [0.5, 0.6) is 0 Å². The van der Waals surface area contributed by atoms with Crippen LogP contribution in [0, 0.1) is 0 Å². The third-order valence-electron chi connectivity index (χ3n) is 3.16. The van der Waals surface area contributed by atoms with Crippen LogP contribution in [-0.2, 0) is 4.84 Å². The van der Waals surface area contributed by atoms with Gasteiger partial charge in [-0.1, -0.05) is 6.08 Å². The molecular weight excluding hydrogens is 296 g/mol. The molecule has 3 rings (SSSR count). The molecule has 0 fully saturated rings. The summed E-state index contributed by atoms with van der Waals surface area (Å²) in [6, 6.07) is 1.32. The lowest BCUT2D eigenvalue weighted by molar-refractivity contribution is 0.116. The highest BCUT2D eigenvalue weighted by Crippen LogP contribution is 2.36. The van der Waals surface area contributed by atoms with Crippen molar-refractivity contribution in [3.8, 4) is 0 Å². The molecule has 2 aliphatic heterocycles. The van der Waals surface area contributed by atoms with Gasteiger partial charge < -0.3 is 14.6 Å². The molecule has 0 unspecified atom stereocenters. The number of amides is 1. The average molecular weight is 309 g/mol. The number of halogens is 1. The van der Waals surface area contributed by atoms with E-state index in [1.54, 1.807) is 20.3 Å². The van der Waals surface area contributed by atoms with Crippen molar-refractivity contribution < 1.29 is 9.63 Å². The maximum atomic E-state index is 12.2. The summed E-state index contributed by atoms with van der Waals surface area (Å²) in [6.45, 7) is 0.602. The minimum atomic E-state index is -0.586. The van der Waals surface area contributed by atoms with E-state index < -0.39 is 6.09 Å². The number of rotatable bonds is 1. The third-order valence-corrected chi connectivity index (χ3v) is 3.43. The van der Waals surface area contributed by atoms with Crippen molar-refractivity contribution in [1.82, 2.24) is 8.99 Å². The Morgan fingerprint density at radius 2 is 2.19 bits per heavy atom. The molecule has 1 amide bonds. The Hall–Kier alpha value is -2.41. The minimum absolute atomic E-state index is 0.204. The first-order valence-electron chi connectivity index (χ1n) is 6.25. The first kappa shape index (κ1) is 13.6. The molecule has 7 nitrogen and oxygen atoms in total. The van der Waals surface area contributed by atoms with Crippen molar-refractivity contribution >= 4 is 29.4 Å². The number of carbonyl (C=O) groups excluding carboxylic acids is 1. The number of anilines is 2. The summed E-state index contributed by atoms with van der Waals surface area (Å²) in [6.07, 6.45) is 6.27. The molecule has 0 spiro atoms. The second-order valence-electron chi connectivity index (χ2n) is 4.81. The van der Waals surface area contributed by atoms with Gasteiger partial charge in [0.05, 0.1) is 11.9 Å². The molecule has 21 heavy (non-hydrogen) atoms. The van der Waals surface area contributed by atoms with Gasteiger partial charge >= 0.3 is 6.09 Å². The fourth-order valence-corrected chi connectivity index (χ4v) is 2.39. The highest BCUT2D eigenvalue weighted by molar-refractivity contribution is 6.17. The lowest BCUT2D eigenvalue weighted by Gasteiger charge is -2.33. The number of carbonyl (C=O) groups is 1. The van der Waals surface area contributed by atoms with Gasteiger partial charge in [0.1, 0.15) is 0 Å². The highest BCUT2D eigenvalue weighted by Gasteiger charge is 2.32. The molecule has 2 aliphatic rings. The normalized spacial score (nSPS) is 15.5. The Balaban J connectivity index is 2.11. The Morgan fingerprint density at radius 1 is 1.43 bits per heavy atom. The zero-order valence-corrected chi connectivity index (χ0v) is 12.2. The number of hydrogen-bond donors (Lipinski definition) is 0. The van der Waals surface area contributed by atoms with Crippen LogP contribution in [0.1, 0.15) is 0 Å². The monoisotopic (exact) mass is 308 g/mol. The van der Waals surface area contributed by atoms with Crippen molar-refractivity contribution in [3.63, 3.8) is 0 Å². The smallest absolute Gasteiger partial charge is 0.320 e. The lowest BCUT2D eigenvalue weighted by Crippen LogP contribution is -2.38. The standard InChI is InChI=1S/C13H13ClN4O3/c1-15(2)13(20)21-18-8-9-4-3-6-16(9)12-11(18)10(19)5-7-17(12)14/h3-5,7-8H,6H2,1-2H3. The van der Waals surface area contributed by atoms with Crippen LogP contribution in [0.15, 0.2) is 41.1 Å². The van der Waals surface area contributed by atoms with Gasteiger partial charge in [-0.15, -0.1) is 0 Å². The van der Waals surface area contributed by atoms with Gasteiger partial charge in [0.2, 0.25) is 5.43 Å². The summed E-state index contributed by atoms with van der Waals surface area (Å²) >= 11 is 6.15. The molecule has 0 atom stereocenters. The van der Waals surface area contributed by atoms with Crippen LogP contribution >= 0.6 is 11.8 Å². The third kappa shape index (κ3) is 2.15. The van der Waals surface area contributed by atoms with Crippen molar-refractivity contribution in [2.24, 2.45) is 0 Å². The zero-order chi connectivity index (χ0) is 15.1. The summed E-state index contributed by atoms with van der Waals surface area (Å²) in [5.41, 5.74) is 0.708. The van der Waals surface area contributed by atoms with Crippen molar-refractivity contribution in [1.29, 1.82) is 0 Å². The molecular formula is C13H13ClN4O3. The fraction of sp³-hybridized carbons (Fsp3) is 0.231. The van der Waals surface area contributed by atoms with Crippen LogP contribution in [0.4, 0.5) is 16.3 Å². The molecule has 0 aromatic carbocycles. The molecule has 0 bridgehead atoms. The average Bonchev–Trinajstić information content (AvgIpc) is 2.89. The van der Waals surface area contributed by atoms with E-state index in [2.05, 4.69) is 0 Å². The van der Waals surface area contributed by atoms with Gasteiger partial charge in [0, 0.05) is 44.7 Å². The Bertz CT molecular complexity index is 723. The SMILES string of the molecule is CN(C)C(=O)ON1C=C2C=CCN2c2c1c(=O)ccn2Cl. The number of hydrogen-bond acceptors (Lipinski definition) is 5. The second kappa shape index (κ2) is 4.85. The predicted octanol–water partition coefficient (Wildman–Crippen LogP) is 1.50. The van der Waals surface area contributed by atoms with Crippen LogP contribution in [-0.4, -0.2) is 35.7 Å². The number of hydroxylamine groups is 1. The first-order valence-corrected chi connectivity index (χ1v) is 6.59. The zero-order valence-electron chi connectivity index (χ0n) is 11.5. The molecule has 1 aromatic rings. The van der Waals surface area contributed by atoms with E-state index >= 15 is 0 Å². The van der Waals surface area contributed by atoms with Crippen LogP contribution < -0.4 is 15.4 Å². The summed E-state index contributed by atoms with van der Waals surface area (Å²) < 4.78 is 1.31. The fourth-order valence-electron chi connectivity index (χ4n) is 2.16. The van der Waals surface area contributed by atoms with Gasteiger partial charge in [-0.05, 0) is 6.08 Å². The Labute approximate surface area is 125 Å². The quantitative estimate of drug-likeness (QED) is 0.787. The van der Waals surface area contributed by atoms with Gasteiger partial charge in [0.25, 0.3) is 0 Å². The Kier molecular flexibility index (Phi) is 3.13. The summed E-state index contributed by atoms with van der Waals surface area (Å²) in [5, 5.41) is 1.17. The van der Waals surface area contributed by atoms with E-state index in [9.17, 15) is 9.59 Å². The molecule has 0 aliphatic carbocycles. The van der Waals surface area contributed by atoms with E-state index in [1.807, 2.05) is 17.1 Å². The van der Waals surface area contributed by atoms with Crippen molar-refractivity contribution in [2.75, 3.05) is 30.6 Å². The molecule has 1 aromatic heterocycles. The van der Waals surface area contributed by atoms with Gasteiger partial charge in [-0.25, -0.2) is 8.88 Å². The number of aromatic nitrogens is 1. The topological polar surface area (TPSA) is 58.0 Å². The number of pyridine rings is 1. The van der Waals surface area contributed by atoms with Crippen molar-refractivity contribution in [3.05, 3.63) is 46.5 Å². The number of nitrogens with zero attached hydrogens (tertiary/aromatic N) is 4. The molecule has 8 heteroatoms. The van der Waals surface area contributed by atoms with Gasteiger partial charge in [-0.3, -0.25) is 4.79 Å². The van der Waals surface area contributed by atoms with Crippen LogP contribution in [0.2, 0.25) is 0 Å². The lowest BCUT2D eigenvalue weighted by atomic mass is 10.3. The molecule has 110 valence electrons. The first-order chi connectivity index (χ1) is 9.99. The van der Waals surface area contributed by atoms with Gasteiger partial charge in [0.15, 0.2) is 11.5 Å². The summed E-state index contributed by atoms with van der Waals surface area (Å²) in [5.74, 6) is 0.471. The van der Waals surface area contributed by atoms with Gasteiger partial charge in [-0.2, -0.15) is 5.06 Å². The van der Waals surface area contributed by atoms with E-state index in [4.69, 9.17) is 16.6 Å². The summed E-state index contributed by atoms with van der Waals surface area (Å²) in [4.78, 5) is 32.3. The molecule has 0 radical (unpaired) electrons. The van der Waals surface area contributed by atoms with Crippen LogP contribution in [0.3, 0.4) is 0 Å². The van der Waals surface area contributed by atoms with E-state index in [-0.39, 0.29) is 11.1 Å². The molecule has 3 heterocycles.